The third-order valence-electron chi connectivity index (χ3n) is 4.68. The van der Waals surface area contributed by atoms with Crippen molar-refractivity contribution >= 4 is 40.7 Å². The number of benzene rings is 2. The van der Waals surface area contributed by atoms with Gasteiger partial charge in [-0.05, 0) is 42.8 Å². The molecule has 2 N–H and O–H groups in total. The second-order valence-electron chi connectivity index (χ2n) is 6.92. The first-order chi connectivity index (χ1) is 13.3. The van der Waals surface area contributed by atoms with Crippen LogP contribution in [0.5, 0.6) is 0 Å². The molecule has 1 saturated heterocycles. The van der Waals surface area contributed by atoms with Gasteiger partial charge in [-0.2, -0.15) is 0 Å². The minimum atomic E-state index is -0.424. The average molecular weight is 400 g/mol. The fraction of sp³-hybridized carbons (Fsp3) is 0.286. The van der Waals surface area contributed by atoms with Gasteiger partial charge in [0.25, 0.3) is 0 Å². The van der Waals surface area contributed by atoms with Gasteiger partial charge in [0.2, 0.25) is 17.7 Å². The van der Waals surface area contributed by atoms with Crippen molar-refractivity contribution in [3.05, 3.63) is 59.1 Å². The van der Waals surface area contributed by atoms with Gasteiger partial charge in [-0.1, -0.05) is 29.8 Å². The summed E-state index contributed by atoms with van der Waals surface area (Å²) < 4.78 is 0. The van der Waals surface area contributed by atoms with Crippen LogP contribution in [-0.4, -0.2) is 24.3 Å². The smallest absolute Gasteiger partial charge is 0.227 e. The molecule has 0 aliphatic carbocycles. The summed E-state index contributed by atoms with van der Waals surface area (Å²) in [6.45, 7) is 3.64. The summed E-state index contributed by atoms with van der Waals surface area (Å²) in [4.78, 5) is 37.9. The first-order valence-corrected chi connectivity index (χ1v) is 9.45. The zero-order chi connectivity index (χ0) is 20.3. The molecule has 3 rings (SSSR count). The average Bonchev–Trinajstić information content (AvgIpc) is 3.03. The highest BCUT2D eigenvalue weighted by atomic mass is 35.5. The molecule has 1 aliphatic rings. The maximum atomic E-state index is 12.7. The van der Waals surface area contributed by atoms with Crippen LogP contribution in [0.2, 0.25) is 5.02 Å². The van der Waals surface area contributed by atoms with E-state index in [0.29, 0.717) is 22.9 Å². The minimum Gasteiger partial charge on any atom is -0.349 e. The molecule has 2 unspecified atom stereocenters. The summed E-state index contributed by atoms with van der Waals surface area (Å²) in [5.74, 6) is -0.843. The molecule has 0 saturated carbocycles. The highest BCUT2D eigenvalue weighted by Crippen LogP contribution is 2.28. The Bertz CT molecular complexity index is 915. The molecule has 28 heavy (non-hydrogen) atoms. The molecule has 0 spiro atoms. The summed E-state index contributed by atoms with van der Waals surface area (Å²) in [5, 5.41) is 6.24. The predicted molar refractivity (Wildman–Crippen MR) is 109 cm³/mol. The summed E-state index contributed by atoms with van der Waals surface area (Å²) in [6.07, 6.45) is 0.164. The van der Waals surface area contributed by atoms with Gasteiger partial charge in [-0.3, -0.25) is 14.4 Å². The van der Waals surface area contributed by atoms with Crippen LogP contribution in [0.4, 0.5) is 11.4 Å². The maximum Gasteiger partial charge on any atom is 0.227 e. The lowest BCUT2D eigenvalue weighted by Crippen LogP contribution is -2.34. The van der Waals surface area contributed by atoms with Gasteiger partial charge in [0, 0.05) is 36.3 Å². The molecular weight excluding hydrogens is 378 g/mol. The van der Waals surface area contributed by atoms with E-state index in [1.165, 1.54) is 6.92 Å². The van der Waals surface area contributed by atoms with Gasteiger partial charge in [0.15, 0.2) is 0 Å². The summed E-state index contributed by atoms with van der Waals surface area (Å²) in [6, 6.07) is 14.1. The van der Waals surface area contributed by atoms with Crippen LogP contribution >= 0.6 is 11.6 Å². The van der Waals surface area contributed by atoms with Gasteiger partial charge in [0.1, 0.15) is 0 Å². The number of halogens is 1. The van der Waals surface area contributed by atoms with Crippen LogP contribution in [0, 0.1) is 5.92 Å². The molecule has 1 fully saturated rings. The lowest BCUT2D eigenvalue weighted by molar-refractivity contribution is -0.126. The lowest BCUT2D eigenvalue weighted by Gasteiger charge is -2.19. The van der Waals surface area contributed by atoms with Crippen LogP contribution in [0.1, 0.15) is 31.9 Å². The van der Waals surface area contributed by atoms with Crippen molar-refractivity contribution in [2.45, 2.75) is 26.3 Å². The van der Waals surface area contributed by atoms with Crippen molar-refractivity contribution in [2.75, 3.05) is 16.8 Å². The molecular formula is C21H22ClN3O3. The highest BCUT2D eigenvalue weighted by molar-refractivity contribution is 6.31. The van der Waals surface area contributed by atoms with E-state index in [9.17, 15) is 14.4 Å². The third-order valence-corrected chi connectivity index (χ3v) is 4.92. The Morgan fingerprint density at radius 1 is 1.18 bits per heavy atom. The molecule has 146 valence electrons. The Labute approximate surface area is 168 Å². The minimum absolute atomic E-state index is 0.0947. The first-order valence-electron chi connectivity index (χ1n) is 9.07. The van der Waals surface area contributed by atoms with E-state index in [2.05, 4.69) is 10.6 Å². The van der Waals surface area contributed by atoms with E-state index >= 15 is 0 Å². The quantitative estimate of drug-likeness (QED) is 0.807. The third kappa shape index (κ3) is 4.70. The van der Waals surface area contributed by atoms with E-state index in [0.717, 1.165) is 5.56 Å². The van der Waals surface area contributed by atoms with Crippen LogP contribution in [-0.2, 0) is 14.4 Å². The fourth-order valence-corrected chi connectivity index (χ4v) is 3.46. The second-order valence-corrected chi connectivity index (χ2v) is 7.36. The number of nitrogens with one attached hydrogen (secondary N) is 2. The first kappa shape index (κ1) is 19.9. The largest absolute Gasteiger partial charge is 0.349 e. The number of carbonyl (C=O) groups is 3. The molecule has 1 heterocycles. The fourth-order valence-electron chi connectivity index (χ4n) is 3.28. The number of anilines is 2. The van der Waals surface area contributed by atoms with Gasteiger partial charge in [0.05, 0.1) is 12.0 Å². The second kappa shape index (κ2) is 8.44. The SMILES string of the molecule is CC(=O)Nc1cccc(C(C)NC(=O)C2CC(=O)N(c3cccc(Cl)c3)C2)c1. The molecule has 6 nitrogen and oxygen atoms in total. The molecule has 2 aromatic rings. The number of carbonyl (C=O) groups excluding carboxylic acids is 3. The Morgan fingerprint density at radius 3 is 2.64 bits per heavy atom. The summed E-state index contributed by atoms with van der Waals surface area (Å²) >= 11 is 6.01. The number of amides is 3. The molecule has 0 bridgehead atoms. The predicted octanol–water partition coefficient (Wildman–Crippen LogP) is 3.53. The van der Waals surface area contributed by atoms with Crippen molar-refractivity contribution < 1.29 is 14.4 Å². The van der Waals surface area contributed by atoms with E-state index in [1.54, 1.807) is 35.2 Å². The topological polar surface area (TPSA) is 78.5 Å². The Hall–Kier alpha value is -2.86. The normalized spacial score (nSPS) is 17.3. The van der Waals surface area contributed by atoms with E-state index in [4.69, 9.17) is 11.6 Å². The number of hydrogen-bond acceptors (Lipinski definition) is 3. The molecule has 2 aromatic carbocycles. The van der Waals surface area contributed by atoms with Crippen molar-refractivity contribution in [3.63, 3.8) is 0 Å². The molecule has 7 heteroatoms. The van der Waals surface area contributed by atoms with Crippen LogP contribution in [0.3, 0.4) is 0 Å². The highest BCUT2D eigenvalue weighted by Gasteiger charge is 2.35. The van der Waals surface area contributed by atoms with Crippen LogP contribution in [0.15, 0.2) is 48.5 Å². The lowest BCUT2D eigenvalue weighted by atomic mass is 10.0. The van der Waals surface area contributed by atoms with E-state index < -0.39 is 5.92 Å². The van der Waals surface area contributed by atoms with Crippen molar-refractivity contribution in [2.24, 2.45) is 5.92 Å². The number of rotatable bonds is 5. The zero-order valence-corrected chi connectivity index (χ0v) is 16.5. The van der Waals surface area contributed by atoms with Crippen molar-refractivity contribution in [1.82, 2.24) is 5.32 Å². The molecule has 2 atom stereocenters. The van der Waals surface area contributed by atoms with Crippen molar-refractivity contribution in [1.29, 1.82) is 0 Å². The maximum absolute atomic E-state index is 12.7. The van der Waals surface area contributed by atoms with E-state index in [-0.39, 0.29) is 30.2 Å². The van der Waals surface area contributed by atoms with Gasteiger partial charge in [-0.15, -0.1) is 0 Å². The van der Waals surface area contributed by atoms with Gasteiger partial charge in [-0.25, -0.2) is 0 Å². The van der Waals surface area contributed by atoms with Crippen LogP contribution in [0.25, 0.3) is 0 Å². The van der Waals surface area contributed by atoms with Gasteiger partial charge < -0.3 is 15.5 Å². The molecule has 0 aromatic heterocycles. The number of nitrogens with zero attached hydrogens (tertiary/aromatic N) is 1. The molecule has 1 aliphatic heterocycles. The zero-order valence-electron chi connectivity index (χ0n) is 15.7. The molecule has 0 radical (unpaired) electrons. The Balaban J connectivity index is 1.65. The molecule has 3 amide bonds. The van der Waals surface area contributed by atoms with Gasteiger partial charge >= 0.3 is 0 Å². The Morgan fingerprint density at radius 2 is 1.93 bits per heavy atom. The Kier molecular flexibility index (Phi) is 5.99. The standard InChI is InChI=1S/C21H22ClN3O3/c1-13(15-5-3-7-18(9-15)24-14(2)26)23-21(28)16-10-20(27)25(12-16)19-8-4-6-17(22)11-19/h3-9,11,13,16H,10,12H2,1-2H3,(H,23,28)(H,24,26). The summed E-state index contributed by atoms with van der Waals surface area (Å²) in [7, 11) is 0. The van der Waals surface area contributed by atoms with E-state index in [1.807, 2.05) is 25.1 Å². The van der Waals surface area contributed by atoms with Crippen LogP contribution < -0.4 is 15.5 Å². The number of hydrogen-bond donors (Lipinski definition) is 2. The van der Waals surface area contributed by atoms with Crippen molar-refractivity contribution in [3.8, 4) is 0 Å². The summed E-state index contributed by atoms with van der Waals surface area (Å²) in [5.41, 5.74) is 2.24. The monoisotopic (exact) mass is 399 g/mol.